The number of phenols is 1. The first-order valence-corrected chi connectivity index (χ1v) is 29.3. The van der Waals surface area contributed by atoms with Gasteiger partial charge in [-0.1, -0.05) is 44.2 Å². The smallest absolute Gasteiger partial charge is 0.330 e. The normalized spacial score (nSPS) is 19.7. The van der Waals surface area contributed by atoms with Crippen LogP contribution in [0.1, 0.15) is 103 Å². The van der Waals surface area contributed by atoms with Gasteiger partial charge in [0.1, 0.15) is 60.1 Å². The first kappa shape index (κ1) is 62.7. The lowest BCUT2D eigenvalue weighted by molar-refractivity contribution is -0.142. The molecule has 2 saturated heterocycles. The minimum absolute atomic E-state index is 0.0298. The molecule has 6 rings (SSSR count). The van der Waals surface area contributed by atoms with E-state index in [1.807, 2.05) is 5.43 Å². The molecular weight excluding hydrogens is 1180 g/mol. The number of ether oxygens (including phenoxy) is 1. The van der Waals surface area contributed by atoms with Crippen molar-refractivity contribution in [3.05, 3.63) is 84.1 Å². The Bertz CT molecular complexity index is 3500. The molecule has 32 nitrogen and oxygen atoms in total. The second kappa shape index (κ2) is 33.1. The number of amides is 12. The van der Waals surface area contributed by atoms with Gasteiger partial charge < -0.3 is 89.6 Å². The van der Waals surface area contributed by atoms with Crippen molar-refractivity contribution in [2.45, 2.75) is 159 Å². The van der Waals surface area contributed by atoms with E-state index in [1.54, 1.807) is 64.2 Å². The monoisotopic (exact) mass is 1270 g/mol. The van der Waals surface area contributed by atoms with E-state index in [4.69, 9.17) is 28.8 Å². The highest BCUT2D eigenvalue weighted by atomic mass is 16.5. The maximum atomic E-state index is 14.8. The fraction of sp³-hybridized carbons (Fsp3) is 0.508. The highest BCUT2D eigenvalue weighted by Crippen LogP contribution is 2.22. The summed E-state index contributed by atoms with van der Waals surface area (Å²) in [6.45, 7) is 6.95. The average molecular weight is 1270 g/mol. The zero-order valence-corrected chi connectivity index (χ0v) is 50.9. The van der Waals surface area contributed by atoms with Crippen LogP contribution in [0.3, 0.4) is 0 Å². The van der Waals surface area contributed by atoms with Gasteiger partial charge in [0.25, 0.3) is 5.91 Å². The van der Waals surface area contributed by atoms with Crippen LogP contribution >= 0.6 is 0 Å². The Kier molecular flexibility index (Phi) is 22.8. The number of hydrazine groups is 1. The number of para-hydroxylation sites is 1. The lowest BCUT2D eigenvalue weighted by Crippen LogP contribution is -2.62. The Morgan fingerprint density at radius 2 is 1.37 bits per heavy atom. The number of nitrogens with two attached hydrogens (primary N) is 3. The molecule has 2 aliphatic rings. The number of guanidine groups is 1. The van der Waals surface area contributed by atoms with Crippen LogP contribution in [-0.2, 0) is 71.9 Å². The summed E-state index contributed by atoms with van der Waals surface area (Å²) in [5.41, 5.74) is 21.0. The van der Waals surface area contributed by atoms with Gasteiger partial charge in [0.15, 0.2) is 5.96 Å². The molecule has 0 bridgehead atoms. The Morgan fingerprint density at radius 3 is 1.99 bits per heavy atom. The number of rotatable bonds is 31. The number of aliphatic hydroxyl groups excluding tert-OH is 1. The van der Waals surface area contributed by atoms with Gasteiger partial charge in [-0.2, -0.15) is 0 Å². The summed E-state index contributed by atoms with van der Waals surface area (Å²) in [6.07, 6.45) is -3.33. The molecule has 9 atom stereocenters. The maximum Gasteiger partial charge on any atom is 0.330 e. The molecule has 0 unspecified atom stereocenters. The van der Waals surface area contributed by atoms with Crippen molar-refractivity contribution < 1.29 is 74.5 Å². The van der Waals surface area contributed by atoms with Crippen molar-refractivity contribution in [3.63, 3.8) is 0 Å². The van der Waals surface area contributed by atoms with E-state index in [2.05, 4.69) is 62.6 Å². The zero-order valence-electron chi connectivity index (χ0n) is 55.9. The minimum Gasteiger partial charge on any atom is -0.508 e. The standard InChI is InChI=1S/C59H84N18O14/c1-31(2)22-40(49(82)68-39(12-8-20-64-57(60)61)56(89)77-21-9-13-46(77)55(88)75-76-58(62)90)69-54(87)45(29-91-59(3,4)5)74-50(83)41(23-32-14-16-35(79)17-15-32)70-53(86)44(28-78)73-51(84)42(24-33-26-65-37-11-7-6-10-36(33)37)71-52(85)43(25-34-27-63-30-66-34)72-48(81)38-18-19-47(80)67-38/h6-7,10-11,14-17,26-27,30-31,38-46,65,78-79H,8-9,12-13,18-25,28-29H2,1-5H3,(H,63,66)(H,67,80)(H,68,82)(H,69,87)(H,70,86)(H,71,85)(H,72,81)(H,73,84)(H,74,83)(H,75,88)(H4,60,61,64)(H3,62,76,90)/t38-,39-,40-,41-,42-,43-,44-,45+,46-/m0/s1/i18D2,19D2,38D. The molecule has 0 spiro atoms. The van der Waals surface area contributed by atoms with Gasteiger partial charge in [-0.3, -0.25) is 58.4 Å². The first-order valence-electron chi connectivity index (χ1n) is 31.8. The first-order chi connectivity index (χ1) is 45.0. The van der Waals surface area contributed by atoms with Gasteiger partial charge in [0.2, 0.25) is 53.2 Å². The second-order valence-corrected chi connectivity index (χ2v) is 23.0. The number of aliphatic hydroxyl groups is 1. The van der Waals surface area contributed by atoms with E-state index < -0.39 is 157 Å². The van der Waals surface area contributed by atoms with Crippen LogP contribution in [0.2, 0.25) is 0 Å². The number of carbonyl (C=O) groups is 11. The van der Waals surface area contributed by atoms with Crippen molar-refractivity contribution in [1.82, 2.24) is 73.2 Å². The number of aromatic hydroxyl groups is 1. The number of aromatic amines is 2. The Morgan fingerprint density at radius 1 is 0.769 bits per heavy atom. The lowest BCUT2D eigenvalue weighted by atomic mass is 10.0. The molecule has 2 fully saturated rings. The van der Waals surface area contributed by atoms with E-state index in [0.29, 0.717) is 28.5 Å². The number of likely N-dealkylation sites (tertiary alicyclic amines) is 1. The predicted molar refractivity (Wildman–Crippen MR) is 329 cm³/mol. The molecule has 4 heterocycles. The summed E-state index contributed by atoms with van der Waals surface area (Å²) < 4.78 is 47.3. The molecule has 2 aromatic heterocycles. The zero-order chi connectivity index (χ0) is 71.0. The maximum absolute atomic E-state index is 14.8. The van der Waals surface area contributed by atoms with E-state index in [-0.39, 0.29) is 74.9 Å². The number of aliphatic imine (C=N–C) groups is 1. The number of nitrogens with zero attached hydrogens (tertiary/aromatic N) is 3. The van der Waals surface area contributed by atoms with E-state index in [1.165, 1.54) is 47.9 Å². The molecule has 20 N–H and O–H groups in total. The molecule has 494 valence electrons. The summed E-state index contributed by atoms with van der Waals surface area (Å²) in [6, 6.07) is -4.61. The highest BCUT2D eigenvalue weighted by molar-refractivity contribution is 5.99. The Balaban J connectivity index is 1.27. The molecule has 32 heteroatoms. The molecule has 4 aromatic rings. The van der Waals surface area contributed by atoms with Crippen LogP contribution in [0.25, 0.3) is 10.9 Å². The molecule has 2 aliphatic heterocycles. The molecule has 0 aliphatic carbocycles. The third-order valence-corrected chi connectivity index (χ3v) is 14.3. The average Bonchev–Trinajstić information content (AvgIpc) is 1.57. The number of urea groups is 1. The summed E-state index contributed by atoms with van der Waals surface area (Å²) in [4.78, 5) is 168. The number of fused-ring (bicyclic) bond motifs is 1. The number of hydrogen-bond donors (Lipinski definition) is 17. The molecular formula is C59H84N18O14. The van der Waals surface area contributed by atoms with Gasteiger partial charge in [-0.15, -0.1) is 0 Å². The third-order valence-electron chi connectivity index (χ3n) is 14.3. The van der Waals surface area contributed by atoms with Crippen molar-refractivity contribution in [2.75, 3.05) is 26.3 Å². The SMILES string of the molecule is [2H]C1([2H])C(=O)N[C@]([2H])(C(=O)N[C@@H](Cc2cnc[nH]2)C(=O)N[C@@H](Cc2c[nH]c3ccccc23)C(=O)N[C@@H](CO)C(=O)N[C@@H](Cc2ccc(O)cc2)C(=O)N[C@H](COC(C)(C)C)C(=O)N[C@@H](CC(C)C)C(=O)N[C@@H](CCCN=C(N)N)C(=O)N2CCC[C@H]2C(=O)NNC(N)=O)C1([2H])[2H]. The van der Waals surface area contributed by atoms with E-state index in [9.17, 15) is 63.0 Å². The van der Waals surface area contributed by atoms with Crippen LogP contribution in [-0.4, -0.2) is 187 Å². The Labute approximate surface area is 531 Å². The number of H-pyrrole nitrogens is 2. The summed E-state index contributed by atoms with van der Waals surface area (Å²) in [5, 5.41) is 41.0. The third kappa shape index (κ3) is 21.7. The van der Waals surface area contributed by atoms with E-state index >= 15 is 0 Å². The van der Waals surface area contributed by atoms with Gasteiger partial charge in [-0.25, -0.2) is 15.2 Å². The number of phenolic OH excluding ortho intramolecular Hbond substituents is 1. The molecule has 2 aromatic carbocycles. The predicted octanol–water partition coefficient (Wildman–Crippen LogP) is -3.11. The fourth-order valence-corrected chi connectivity index (χ4v) is 9.79. The van der Waals surface area contributed by atoms with Crippen molar-refractivity contribution in [3.8, 4) is 5.75 Å². The number of benzene rings is 2. The van der Waals surface area contributed by atoms with Crippen molar-refractivity contribution >= 4 is 82.0 Å². The number of carbonyl (C=O) groups excluding carboxylic acids is 11. The number of aromatic nitrogens is 3. The van der Waals surface area contributed by atoms with Gasteiger partial charge in [0.05, 0.1) is 26.5 Å². The number of primary amides is 1. The van der Waals surface area contributed by atoms with Crippen LogP contribution in [0.4, 0.5) is 4.79 Å². The second-order valence-electron chi connectivity index (χ2n) is 23.0. The molecule has 12 amide bonds. The van der Waals surface area contributed by atoms with E-state index in [0.717, 1.165) is 0 Å². The molecule has 0 saturated carbocycles. The van der Waals surface area contributed by atoms with Gasteiger partial charge in [0, 0.05) is 73.2 Å². The lowest BCUT2D eigenvalue weighted by Gasteiger charge is -2.31. The number of hydrogen-bond acceptors (Lipinski definition) is 16. The molecule has 91 heavy (non-hydrogen) atoms. The van der Waals surface area contributed by atoms with Crippen LogP contribution in [0.5, 0.6) is 5.75 Å². The summed E-state index contributed by atoms with van der Waals surface area (Å²) >= 11 is 0. The van der Waals surface area contributed by atoms with Crippen LogP contribution < -0.4 is 70.6 Å². The topological polar surface area (TPSA) is 496 Å². The number of imidazole rings is 1. The highest BCUT2D eigenvalue weighted by Gasteiger charge is 2.40. The van der Waals surface area contributed by atoms with Crippen LogP contribution in [0, 0.1) is 5.92 Å². The van der Waals surface area contributed by atoms with Gasteiger partial charge >= 0.3 is 6.03 Å². The Hall–Kier alpha value is -9.85. The van der Waals surface area contributed by atoms with Crippen molar-refractivity contribution in [2.24, 2.45) is 28.1 Å². The molecule has 0 radical (unpaired) electrons. The van der Waals surface area contributed by atoms with Gasteiger partial charge in [-0.05, 0) is 94.5 Å². The van der Waals surface area contributed by atoms with Crippen molar-refractivity contribution in [1.29, 1.82) is 0 Å². The number of nitrogens with one attached hydrogen (secondary N) is 12. The summed E-state index contributed by atoms with van der Waals surface area (Å²) in [7, 11) is 0. The fourth-order valence-electron chi connectivity index (χ4n) is 9.79. The van der Waals surface area contributed by atoms with Crippen LogP contribution in [0.15, 0.2) is 72.2 Å². The minimum atomic E-state index is -3.49. The largest absolute Gasteiger partial charge is 0.508 e. The summed E-state index contributed by atoms with van der Waals surface area (Å²) in [5.74, 6) is -11.7. The quantitative estimate of drug-likeness (QED) is 0.0103.